The quantitative estimate of drug-likeness (QED) is 0.938. The molecule has 0 saturated carbocycles. The number of aryl methyl sites for hydroxylation is 2. The van der Waals surface area contributed by atoms with Crippen LogP contribution in [0.2, 0.25) is 0 Å². The van der Waals surface area contributed by atoms with Crippen LogP contribution >= 0.6 is 11.3 Å². The fraction of sp³-hybridized carbons (Fsp3) is 0.250. The summed E-state index contributed by atoms with van der Waals surface area (Å²) < 4.78 is 5.29. The van der Waals surface area contributed by atoms with E-state index in [1.165, 1.54) is 4.90 Å². The monoisotopic (exact) mass is 319 g/mol. The van der Waals surface area contributed by atoms with Crippen molar-refractivity contribution < 1.29 is 19.4 Å². The minimum Gasteiger partial charge on any atom is -0.495 e. The summed E-state index contributed by atoms with van der Waals surface area (Å²) in [7, 11) is 3.19. The molecule has 0 saturated heterocycles. The maximum atomic E-state index is 12.6. The summed E-state index contributed by atoms with van der Waals surface area (Å²) in [5, 5.41) is 9.10. The molecular formula is C16H17NO4S. The number of anilines is 1. The molecule has 0 aliphatic heterocycles. The number of carbonyl (C=O) groups excluding carboxylic acids is 1. The van der Waals surface area contributed by atoms with Crippen LogP contribution in [0.5, 0.6) is 5.75 Å². The Balaban J connectivity index is 2.39. The standard InChI is InChI=1S/C16H17NO4S/c1-9-5-6-12(21-4)11(7-9)17(3)15(18)13-8-10(2)14(22-13)16(19)20/h5-8H,1-4H3,(H,19,20). The molecule has 1 heterocycles. The van der Waals surface area contributed by atoms with Crippen molar-refractivity contribution in [3.63, 3.8) is 0 Å². The number of amides is 1. The van der Waals surface area contributed by atoms with E-state index < -0.39 is 5.97 Å². The molecule has 0 bridgehead atoms. The van der Waals surface area contributed by atoms with Gasteiger partial charge in [0.15, 0.2) is 0 Å². The fourth-order valence-corrected chi connectivity index (χ4v) is 3.12. The Hall–Kier alpha value is -2.34. The lowest BCUT2D eigenvalue weighted by atomic mass is 10.2. The summed E-state index contributed by atoms with van der Waals surface area (Å²) in [6.45, 7) is 3.61. The largest absolute Gasteiger partial charge is 0.495 e. The third-order valence-corrected chi connectivity index (χ3v) is 4.54. The number of aromatic carboxylic acids is 1. The lowest BCUT2D eigenvalue weighted by molar-refractivity contribution is 0.0701. The molecule has 1 aromatic heterocycles. The molecule has 0 unspecified atom stereocenters. The average Bonchev–Trinajstić information content (AvgIpc) is 2.87. The number of carboxylic acid groups (broad SMARTS) is 1. The lowest BCUT2D eigenvalue weighted by Crippen LogP contribution is -2.26. The van der Waals surface area contributed by atoms with Gasteiger partial charge in [-0.2, -0.15) is 0 Å². The summed E-state index contributed by atoms with van der Waals surface area (Å²) in [6, 6.07) is 7.17. The maximum Gasteiger partial charge on any atom is 0.346 e. The molecule has 1 aromatic carbocycles. The van der Waals surface area contributed by atoms with Gasteiger partial charge in [0, 0.05) is 7.05 Å². The minimum absolute atomic E-state index is 0.188. The van der Waals surface area contributed by atoms with Gasteiger partial charge < -0.3 is 14.7 Å². The Morgan fingerprint density at radius 1 is 1.23 bits per heavy atom. The first-order chi connectivity index (χ1) is 10.3. The van der Waals surface area contributed by atoms with Crippen LogP contribution in [0.25, 0.3) is 0 Å². The highest BCUT2D eigenvalue weighted by Crippen LogP contribution is 2.31. The van der Waals surface area contributed by atoms with Gasteiger partial charge in [0.1, 0.15) is 10.6 Å². The van der Waals surface area contributed by atoms with Crippen LogP contribution in [0.1, 0.15) is 30.5 Å². The van der Waals surface area contributed by atoms with Crippen LogP contribution in [0.15, 0.2) is 24.3 Å². The molecule has 2 rings (SSSR count). The van der Waals surface area contributed by atoms with Crippen molar-refractivity contribution in [2.24, 2.45) is 0 Å². The van der Waals surface area contributed by atoms with Crippen molar-refractivity contribution in [2.45, 2.75) is 13.8 Å². The Kier molecular flexibility index (Phi) is 4.51. The zero-order chi connectivity index (χ0) is 16.4. The zero-order valence-electron chi connectivity index (χ0n) is 12.8. The van der Waals surface area contributed by atoms with Gasteiger partial charge >= 0.3 is 5.97 Å². The van der Waals surface area contributed by atoms with Crippen LogP contribution < -0.4 is 9.64 Å². The number of carboxylic acids is 1. The lowest BCUT2D eigenvalue weighted by Gasteiger charge is -2.19. The summed E-state index contributed by atoms with van der Waals surface area (Å²) in [5.74, 6) is -0.685. The molecule has 22 heavy (non-hydrogen) atoms. The third-order valence-electron chi connectivity index (χ3n) is 3.32. The summed E-state index contributed by atoms with van der Waals surface area (Å²) in [6.07, 6.45) is 0. The smallest absolute Gasteiger partial charge is 0.346 e. The molecule has 0 aliphatic rings. The van der Waals surface area contributed by atoms with Crippen molar-refractivity contribution in [3.05, 3.63) is 45.1 Å². The van der Waals surface area contributed by atoms with E-state index >= 15 is 0 Å². The highest BCUT2D eigenvalue weighted by molar-refractivity contribution is 7.16. The Labute approximate surface area is 132 Å². The van der Waals surface area contributed by atoms with Crippen molar-refractivity contribution >= 4 is 28.9 Å². The first-order valence-corrected chi connectivity index (χ1v) is 7.43. The molecule has 6 heteroatoms. The van der Waals surface area contributed by atoms with Crippen LogP contribution in [0.3, 0.4) is 0 Å². The van der Waals surface area contributed by atoms with Crippen LogP contribution in [0, 0.1) is 13.8 Å². The zero-order valence-corrected chi connectivity index (χ0v) is 13.7. The van der Waals surface area contributed by atoms with Crippen molar-refractivity contribution in [1.29, 1.82) is 0 Å². The van der Waals surface area contributed by atoms with Gasteiger partial charge in [0.2, 0.25) is 0 Å². The van der Waals surface area contributed by atoms with E-state index in [9.17, 15) is 9.59 Å². The number of hydrogen-bond donors (Lipinski definition) is 1. The van der Waals surface area contributed by atoms with Gasteiger partial charge in [-0.1, -0.05) is 6.07 Å². The number of hydrogen-bond acceptors (Lipinski definition) is 4. The molecule has 0 fully saturated rings. The van der Waals surface area contributed by atoms with E-state index in [-0.39, 0.29) is 10.8 Å². The average molecular weight is 319 g/mol. The van der Waals surface area contributed by atoms with E-state index in [1.54, 1.807) is 33.2 Å². The normalized spacial score (nSPS) is 10.4. The van der Waals surface area contributed by atoms with Gasteiger partial charge in [-0.25, -0.2) is 4.79 Å². The number of benzene rings is 1. The van der Waals surface area contributed by atoms with E-state index in [2.05, 4.69) is 0 Å². The number of thiophene rings is 1. The Morgan fingerprint density at radius 3 is 2.45 bits per heavy atom. The highest BCUT2D eigenvalue weighted by atomic mass is 32.1. The number of ether oxygens (including phenoxy) is 1. The van der Waals surface area contributed by atoms with Gasteiger partial charge in [-0.3, -0.25) is 4.79 Å². The van der Waals surface area contributed by atoms with Crippen molar-refractivity contribution in [1.82, 2.24) is 0 Å². The van der Waals surface area contributed by atoms with E-state index in [1.807, 2.05) is 19.1 Å². The first-order valence-electron chi connectivity index (χ1n) is 6.61. The predicted molar refractivity (Wildman–Crippen MR) is 86.5 cm³/mol. The van der Waals surface area contributed by atoms with Crippen LogP contribution in [0.4, 0.5) is 5.69 Å². The van der Waals surface area contributed by atoms with E-state index in [4.69, 9.17) is 9.84 Å². The molecule has 0 aliphatic carbocycles. The SMILES string of the molecule is COc1ccc(C)cc1N(C)C(=O)c1cc(C)c(C(=O)O)s1. The molecule has 1 amide bonds. The molecule has 1 N–H and O–H groups in total. The summed E-state index contributed by atoms with van der Waals surface area (Å²) in [5.41, 5.74) is 2.24. The predicted octanol–water partition coefficient (Wildman–Crippen LogP) is 3.35. The minimum atomic E-state index is -1.02. The summed E-state index contributed by atoms with van der Waals surface area (Å²) >= 11 is 0.985. The second-order valence-electron chi connectivity index (χ2n) is 4.97. The molecule has 0 spiro atoms. The topological polar surface area (TPSA) is 66.8 Å². The van der Waals surface area contributed by atoms with Gasteiger partial charge in [-0.15, -0.1) is 11.3 Å². The number of methoxy groups -OCH3 is 1. The van der Waals surface area contributed by atoms with Crippen molar-refractivity contribution in [3.8, 4) is 5.75 Å². The molecule has 0 radical (unpaired) electrons. The first kappa shape index (κ1) is 16.0. The molecule has 116 valence electrons. The highest BCUT2D eigenvalue weighted by Gasteiger charge is 2.22. The number of nitrogens with zero attached hydrogens (tertiary/aromatic N) is 1. The third kappa shape index (κ3) is 2.96. The van der Waals surface area contributed by atoms with Gasteiger partial charge in [0.05, 0.1) is 17.7 Å². The second kappa shape index (κ2) is 6.19. The van der Waals surface area contributed by atoms with Crippen LogP contribution in [-0.2, 0) is 0 Å². The van der Waals surface area contributed by atoms with Gasteiger partial charge in [0.25, 0.3) is 5.91 Å². The second-order valence-corrected chi connectivity index (χ2v) is 6.02. The molecule has 0 atom stereocenters. The van der Waals surface area contributed by atoms with E-state index in [0.29, 0.717) is 21.9 Å². The Morgan fingerprint density at radius 2 is 1.91 bits per heavy atom. The van der Waals surface area contributed by atoms with Crippen LogP contribution in [-0.4, -0.2) is 31.1 Å². The van der Waals surface area contributed by atoms with Gasteiger partial charge in [-0.05, 0) is 43.2 Å². The van der Waals surface area contributed by atoms with E-state index in [0.717, 1.165) is 16.9 Å². The summed E-state index contributed by atoms with van der Waals surface area (Å²) in [4.78, 5) is 25.8. The number of carbonyl (C=O) groups is 2. The van der Waals surface area contributed by atoms with Crippen molar-refractivity contribution in [2.75, 3.05) is 19.1 Å². The molecular weight excluding hydrogens is 302 g/mol. The molecule has 2 aromatic rings. The Bertz CT molecular complexity index is 736. The fourth-order valence-electron chi connectivity index (χ4n) is 2.14. The molecule has 5 nitrogen and oxygen atoms in total. The maximum absolute atomic E-state index is 12.6. The number of rotatable bonds is 4.